The Morgan fingerprint density at radius 1 is 1.06 bits per heavy atom. The summed E-state index contributed by atoms with van der Waals surface area (Å²) in [6, 6.07) is 6.60. The number of aromatic hydroxyl groups is 1. The summed E-state index contributed by atoms with van der Waals surface area (Å²) in [5, 5.41) is 20.8. The molecule has 1 aliphatic heterocycles. The highest BCUT2D eigenvalue weighted by molar-refractivity contribution is 6.23. The van der Waals surface area contributed by atoms with Crippen LogP contribution in [0.2, 0.25) is 0 Å². The molecule has 0 aromatic heterocycles. The molecule has 8 atom stereocenters. The predicted molar refractivity (Wildman–Crippen MR) is 135 cm³/mol. The van der Waals surface area contributed by atoms with Gasteiger partial charge in [-0.3, -0.25) is 14.4 Å². The summed E-state index contributed by atoms with van der Waals surface area (Å²) < 4.78 is 0. The summed E-state index contributed by atoms with van der Waals surface area (Å²) in [5.41, 5.74) is 0.153. The van der Waals surface area contributed by atoms with Crippen LogP contribution in [0, 0.1) is 51.8 Å². The monoisotopic (exact) mass is 491 g/mol. The van der Waals surface area contributed by atoms with Gasteiger partial charge in [0.1, 0.15) is 5.75 Å². The van der Waals surface area contributed by atoms with E-state index in [9.17, 15) is 24.6 Å². The van der Waals surface area contributed by atoms with Crippen molar-refractivity contribution in [3.8, 4) is 5.75 Å². The molecule has 6 nitrogen and oxygen atoms in total. The fourth-order valence-corrected chi connectivity index (χ4v) is 9.85. The summed E-state index contributed by atoms with van der Waals surface area (Å²) in [6.45, 7) is 8.55. The van der Waals surface area contributed by atoms with Gasteiger partial charge in [0.25, 0.3) is 0 Å². The third kappa shape index (κ3) is 2.71. The molecule has 7 rings (SSSR count). The number of phenols is 1. The van der Waals surface area contributed by atoms with Crippen molar-refractivity contribution >= 4 is 23.5 Å². The molecule has 5 aliphatic carbocycles. The normalized spacial score (nSPS) is 43.2. The van der Waals surface area contributed by atoms with Crippen molar-refractivity contribution in [3.05, 3.63) is 35.9 Å². The number of hydrogen-bond acceptors (Lipinski definition) is 4. The van der Waals surface area contributed by atoms with Crippen LogP contribution in [0.15, 0.2) is 35.9 Å². The van der Waals surface area contributed by atoms with Crippen LogP contribution in [0.1, 0.15) is 66.2 Å². The van der Waals surface area contributed by atoms with E-state index in [0.717, 1.165) is 32.1 Å². The van der Waals surface area contributed by atoms with Crippen molar-refractivity contribution in [1.82, 2.24) is 0 Å². The number of carbonyl (C=O) groups excluding carboxylic acids is 2. The number of carbonyl (C=O) groups is 3. The van der Waals surface area contributed by atoms with E-state index in [-0.39, 0.29) is 52.3 Å². The molecule has 3 saturated carbocycles. The van der Waals surface area contributed by atoms with Crippen LogP contribution >= 0.6 is 0 Å². The SMILES string of the molecule is CC(C)C1=C[C@@]23CC[C@@H]4[C@](C)(CCC[C@@]4(C)C(=O)O)[C@@H]2C[C@@H]1[C@@H]1C(=O)N(c2ccccc2O)C(=O)[C@H]13. The lowest BCUT2D eigenvalue weighted by molar-refractivity contribution is -0.194. The molecule has 1 spiro atoms. The lowest BCUT2D eigenvalue weighted by atomic mass is 9.34. The van der Waals surface area contributed by atoms with Gasteiger partial charge in [0.2, 0.25) is 11.8 Å². The maximum Gasteiger partial charge on any atom is 0.309 e. The van der Waals surface area contributed by atoms with Gasteiger partial charge in [0.05, 0.1) is 22.9 Å². The largest absolute Gasteiger partial charge is 0.506 e. The van der Waals surface area contributed by atoms with Gasteiger partial charge >= 0.3 is 5.97 Å². The lowest BCUT2D eigenvalue weighted by Gasteiger charge is -2.68. The first-order chi connectivity index (χ1) is 17.0. The molecule has 1 aromatic carbocycles. The second-order valence-electron chi connectivity index (χ2n) is 13.0. The Kier molecular flexibility index (Phi) is 4.92. The van der Waals surface area contributed by atoms with Gasteiger partial charge in [-0.15, -0.1) is 0 Å². The molecule has 1 aromatic rings. The van der Waals surface area contributed by atoms with E-state index in [1.807, 2.05) is 6.92 Å². The van der Waals surface area contributed by atoms with Gasteiger partial charge in [-0.05, 0) is 80.2 Å². The van der Waals surface area contributed by atoms with Crippen LogP contribution < -0.4 is 4.90 Å². The van der Waals surface area contributed by atoms with Gasteiger partial charge in [-0.25, -0.2) is 4.90 Å². The number of anilines is 1. The molecule has 1 heterocycles. The average Bonchev–Trinajstić information content (AvgIpc) is 3.10. The Balaban J connectivity index is 1.50. The molecule has 1 saturated heterocycles. The first-order valence-electron chi connectivity index (χ1n) is 13.6. The minimum Gasteiger partial charge on any atom is -0.506 e. The number of aliphatic carboxylic acids is 1. The summed E-state index contributed by atoms with van der Waals surface area (Å²) in [6.07, 6.45) is 7.24. The molecule has 0 radical (unpaired) electrons. The van der Waals surface area contributed by atoms with Crippen LogP contribution in [-0.2, 0) is 14.4 Å². The number of benzene rings is 1. The maximum absolute atomic E-state index is 14.2. The third-order valence-corrected chi connectivity index (χ3v) is 11.3. The first kappa shape index (κ1) is 23.7. The van der Waals surface area contributed by atoms with E-state index >= 15 is 0 Å². The number of carboxylic acid groups (broad SMARTS) is 1. The van der Waals surface area contributed by atoms with Crippen molar-refractivity contribution in [1.29, 1.82) is 0 Å². The van der Waals surface area contributed by atoms with Crippen molar-refractivity contribution in [2.75, 3.05) is 4.90 Å². The fourth-order valence-electron chi connectivity index (χ4n) is 9.85. The Hall–Kier alpha value is -2.63. The summed E-state index contributed by atoms with van der Waals surface area (Å²) >= 11 is 0. The summed E-state index contributed by atoms with van der Waals surface area (Å²) in [7, 11) is 0. The number of imide groups is 1. The number of hydrogen-bond donors (Lipinski definition) is 2. The third-order valence-electron chi connectivity index (χ3n) is 11.3. The molecule has 192 valence electrons. The Bertz CT molecular complexity index is 1200. The maximum atomic E-state index is 14.2. The molecule has 2 bridgehead atoms. The zero-order valence-electron chi connectivity index (χ0n) is 21.7. The van der Waals surface area contributed by atoms with Gasteiger partial charge in [0, 0.05) is 5.41 Å². The van der Waals surface area contributed by atoms with Crippen molar-refractivity contribution in [3.63, 3.8) is 0 Å². The highest BCUT2D eigenvalue weighted by Crippen LogP contribution is 2.74. The molecule has 0 unspecified atom stereocenters. The van der Waals surface area contributed by atoms with E-state index in [1.165, 1.54) is 16.5 Å². The Morgan fingerprint density at radius 2 is 1.78 bits per heavy atom. The van der Waals surface area contributed by atoms with Gasteiger partial charge in [-0.2, -0.15) is 0 Å². The molecule has 6 aliphatic rings. The van der Waals surface area contributed by atoms with Crippen molar-refractivity contribution in [2.24, 2.45) is 51.8 Å². The Labute approximate surface area is 212 Å². The van der Waals surface area contributed by atoms with E-state index in [4.69, 9.17) is 0 Å². The number of rotatable bonds is 3. The number of fused-ring (bicyclic) bond motifs is 1. The molecule has 36 heavy (non-hydrogen) atoms. The number of phenolic OH excluding ortho intramolecular Hbond substituents is 1. The zero-order chi connectivity index (χ0) is 25.8. The van der Waals surface area contributed by atoms with Crippen LogP contribution in [0.3, 0.4) is 0 Å². The van der Waals surface area contributed by atoms with Gasteiger partial charge in [-0.1, -0.05) is 51.0 Å². The standard InChI is InChI=1S/C30H37NO5/c1-16(2)18-15-30-13-10-21-28(3,11-7-12-29(21,4)27(35)36)22(30)14-17(18)23-24(30)26(34)31(25(23)33)19-8-5-6-9-20(19)32/h5-6,8-9,15-17,21-24,32H,7,10-14H2,1-4H3,(H,35,36)/t17-,21+,22-,23-,24-,28-,29+,30-/m0/s1. The van der Waals surface area contributed by atoms with E-state index in [1.54, 1.807) is 18.2 Å². The molecule has 4 fully saturated rings. The second-order valence-corrected chi connectivity index (χ2v) is 13.0. The van der Waals surface area contributed by atoms with Crippen LogP contribution in [0.25, 0.3) is 0 Å². The zero-order valence-corrected chi connectivity index (χ0v) is 21.7. The number of amides is 2. The highest BCUT2D eigenvalue weighted by atomic mass is 16.4. The fraction of sp³-hybridized carbons (Fsp3) is 0.633. The molecule has 2 amide bonds. The van der Waals surface area contributed by atoms with E-state index in [2.05, 4.69) is 26.8 Å². The molecular weight excluding hydrogens is 454 g/mol. The van der Waals surface area contributed by atoms with Crippen molar-refractivity contribution in [2.45, 2.75) is 66.2 Å². The summed E-state index contributed by atoms with van der Waals surface area (Å²) in [4.78, 5) is 41.9. The Morgan fingerprint density at radius 3 is 2.44 bits per heavy atom. The summed E-state index contributed by atoms with van der Waals surface area (Å²) in [5.74, 6) is -1.54. The minimum absolute atomic E-state index is 0.0252. The quantitative estimate of drug-likeness (QED) is 0.436. The van der Waals surface area contributed by atoms with Crippen molar-refractivity contribution < 1.29 is 24.6 Å². The van der Waals surface area contributed by atoms with E-state index < -0.39 is 28.6 Å². The molecule has 6 heteroatoms. The second kappa shape index (κ2) is 7.45. The van der Waals surface area contributed by atoms with Gasteiger partial charge < -0.3 is 10.2 Å². The number of carboxylic acids is 1. The average molecular weight is 492 g/mol. The van der Waals surface area contributed by atoms with Crippen LogP contribution in [0.5, 0.6) is 5.75 Å². The van der Waals surface area contributed by atoms with E-state index in [0.29, 0.717) is 6.42 Å². The van der Waals surface area contributed by atoms with Crippen LogP contribution in [0.4, 0.5) is 5.69 Å². The highest BCUT2D eigenvalue weighted by Gasteiger charge is 2.73. The van der Waals surface area contributed by atoms with Gasteiger partial charge in [0.15, 0.2) is 0 Å². The number of nitrogens with zero attached hydrogens (tertiary/aromatic N) is 1. The molecule has 2 N–H and O–H groups in total. The smallest absolute Gasteiger partial charge is 0.309 e. The minimum atomic E-state index is -0.757. The number of allylic oxidation sites excluding steroid dienone is 2. The molecular formula is C30H37NO5. The predicted octanol–water partition coefficient (Wildman–Crippen LogP) is 5.41. The number of para-hydroxylation sites is 2. The first-order valence-corrected chi connectivity index (χ1v) is 13.6. The van der Waals surface area contributed by atoms with Crippen LogP contribution in [-0.4, -0.2) is 28.0 Å². The topological polar surface area (TPSA) is 94.9 Å². The lowest BCUT2D eigenvalue weighted by Crippen LogP contribution is -2.65.